The first-order valence-electron chi connectivity index (χ1n) is 8.72. The molecule has 1 unspecified atom stereocenters. The fourth-order valence-corrected chi connectivity index (χ4v) is 7.64. The van der Waals surface area contributed by atoms with Crippen LogP contribution in [0, 0.1) is 0 Å². The zero-order valence-electron chi connectivity index (χ0n) is 15.2. The molecule has 1 aliphatic rings. The number of rotatable bonds is 5. The van der Waals surface area contributed by atoms with Crippen LogP contribution in [0.15, 0.2) is 46.7 Å². The molecule has 6 nitrogen and oxygen atoms in total. The molecule has 0 bridgehead atoms. The molecular formula is C18H23NO5S3. The van der Waals surface area contributed by atoms with E-state index in [4.69, 9.17) is 4.74 Å². The van der Waals surface area contributed by atoms with Crippen LogP contribution in [0.1, 0.15) is 30.4 Å². The van der Waals surface area contributed by atoms with Crippen molar-refractivity contribution in [3.8, 4) is 5.75 Å². The van der Waals surface area contributed by atoms with Crippen LogP contribution in [0.3, 0.4) is 0 Å². The van der Waals surface area contributed by atoms with Crippen LogP contribution in [0.2, 0.25) is 0 Å². The third-order valence-electron chi connectivity index (χ3n) is 4.39. The highest BCUT2D eigenvalue weighted by atomic mass is 32.2. The molecule has 1 aliphatic heterocycles. The normalized spacial score (nSPS) is 21.1. The summed E-state index contributed by atoms with van der Waals surface area (Å²) in [5.74, 6) is 0.420. The molecule has 1 aromatic heterocycles. The monoisotopic (exact) mass is 429 g/mol. The van der Waals surface area contributed by atoms with Crippen molar-refractivity contribution < 1.29 is 21.6 Å². The van der Waals surface area contributed by atoms with Gasteiger partial charge in [0.25, 0.3) is 0 Å². The largest absolute Gasteiger partial charge is 0.491 e. The van der Waals surface area contributed by atoms with Gasteiger partial charge in [0.1, 0.15) is 5.75 Å². The highest BCUT2D eigenvalue weighted by Crippen LogP contribution is 2.33. The van der Waals surface area contributed by atoms with E-state index in [0.29, 0.717) is 5.75 Å². The molecule has 9 heteroatoms. The van der Waals surface area contributed by atoms with Crippen LogP contribution in [0.4, 0.5) is 0 Å². The van der Waals surface area contributed by atoms with Crippen LogP contribution in [0.5, 0.6) is 5.75 Å². The van der Waals surface area contributed by atoms with E-state index in [1.54, 1.807) is 18.2 Å². The first-order valence-corrected chi connectivity index (χ1v) is 12.8. The second-order valence-corrected chi connectivity index (χ2v) is 11.9. The molecule has 0 spiro atoms. The molecule has 2 heterocycles. The molecule has 2 aromatic rings. The Bertz CT molecular complexity index is 965. The zero-order valence-corrected chi connectivity index (χ0v) is 17.7. The van der Waals surface area contributed by atoms with Crippen LogP contribution >= 0.6 is 11.3 Å². The Labute approximate surface area is 164 Å². The Kier molecular flexibility index (Phi) is 5.95. The van der Waals surface area contributed by atoms with E-state index >= 15 is 0 Å². The van der Waals surface area contributed by atoms with Crippen molar-refractivity contribution in [2.24, 2.45) is 0 Å². The fraction of sp³-hybridized carbons (Fsp3) is 0.444. The van der Waals surface area contributed by atoms with Gasteiger partial charge < -0.3 is 4.74 Å². The lowest BCUT2D eigenvalue weighted by Gasteiger charge is -2.20. The van der Waals surface area contributed by atoms with Crippen molar-refractivity contribution in [2.45, 2.75) is 36.5 Å². The summed E-state index contributed by atoms with van der Waals surface area (Å²) in [4.78, 5) is 0.912. The number of hydrogen-bond donors (Lipinski definition) is 0. The predicted molar refractivity (Wildman–Crippen MR) is 106 cm³/mol. The topological polar surface area (TPSA) is 80.8 Å². The van der Waals surface area contributed by atoms with E-state index < -0.39 is 25.1 Å². The molecule has 0 N–H and O–H groups in total. The number of ether oxygens (including phenoxy) is 1. The minimum Gasteiger partial charge on any atom is -0.491 e. The summed E-state index contributed by atoms with van der Waals surface area (Å²) in [5, 5.41) is 1.20. The van der Waals surface area contributed by atoms with Gasteiger partial charge in [0.05, 0.1) is 22.0 Å². The van der Waals surface area contributed by atoms with Crippen LogP contribution in [0.25, 0.3) is 0 Å². The Balaban J connectivity index is 1.81. The van der Waals surface area contributed by atoms with Crippen LogP contribution in [-0.2, 0) is 19.9 Å². The third-order valence-corrected chi connectivity index (χ3v) is 9.55. The van der Waals surface area contributed by atoms with Gasteiger partial charge in [0.15, 0.2) is 9.84 Å². The molecule has 1 saturated heterocycles. The summed E-state index contributed by atoms with van der Waals surface area (Å²) >= 11 is 1.39. The van der Waals surface area contributed by atoms with Gasteiger partial charge in [0, 0.05) is 18.0 Å². The molecule has 0 aliphatic carbocycles. The average Bonchev–Trinajstić information content (AvgIpc) is 3.06. The maximum absolute atomic E-state index is 13.0. The summed E-state index contributed by atoms with van der Waals surface area (Å²) in [7, 11) is -7.15. The highest BCUT2D eigenvalue weighted by Gasteiger charge is 2.36. The second-order valence-electron chi connectivity index (χ2n) is 6.70. The average molecular weight is 430 g/mol. The smallest absolute Gasteiger partial charge is 0.243 e. The Morgan fingerprint density at radius 1 is 1.15 bits per heavy atom. The molecular weight excluding hydrogens is 406 g/mol. The van der Waals surface area contributed by atoms with E-state index in [0.717, 1.165) is 4.88 Å². The summed E-state index contributed by atoms with van der Waals surface area (Å²) in [6.45, 7) is 3.93. The number of nitrogens with zero attached hydrogens (tertiary/aromatic N) is 1. The van der Waals surface area contributed by atoms with E-state index in [2.05, 4.69) is 0 Å². The molecule has 3 rings (SSSR count). The molecule has 0 amide bonds. The van der Waals surface area contributed by atoms with E-state index in [9.17, 15) is 16.8 Å². The van der Waals surface area contributed by atoms with Gasteiger partial charge in [-0.15, -0.1) is 11.3 Å². The Morgan fingerprint density at radius 3 is 2.44 bits per heavy atom. The van der Waals surface area contributed by atoms with Crippen molar-refractivity contribution in [1.29, 1.82) is 0 Å². The molecule has 0 radical (unpaired) electrons. The minimum atomic E-state index is -3.76. The SMILES string of the molecule is CC(C)Oc1ccc(S(=O)(=O)N2CCC(c3cccs3)S(=O)(=O)CC2)cc1. The lowest BCUT2D eigenvalue weighted by molar-refractivity contribution is 0.242. The molecule has 27 heavy (non-hydrogen) atoms. The van der Waals surface area contributed by atoms with Crippen molar-refractivity contribution >= 4 is 31.2 Å². The molecule has 1 aromatic carbocycles. The molecule has 0 saturated carbocycles. The predicted octanol–water partition coefficient (Wildman–Crippen LogP) is 3.09. The maximum atomic E-state index is 13.0. The quantitative estimate of drug-likeness (QED) is 0.730. The van der Waals surface area contributed by atoms with Crippen LogP contribution < -0.4 is 4.74 Å². The van der Waals surface area contributed by atoms with Crippen molar-refractivity contribution in [1.82, 2.24) is 4.31 Å². The van der Waals surface area contributed by atoms with E-state index in [-0.39, 0.29) is 36.3 Å². The van der Waals surface area contributed by atoms with Gasteiger partial charge in [0.2, 0.25) is 10.0 Å². The lowest BCUT2D eigenvalue weighted by atomic mass is 10.2. The van der Waals surface area contributed by atoms with Crippen LogP contribution in [-0.4, -0.2) is 46.1 Å². The van der Waals surface area contributed by atoms with Gasteiger partial charge in [-0.2, -0.15) is 4.31 Å². The van der Waals surface area contributed by atoms with Gasteiger partial charge >= 0.3 is 0 Å². The maximum Gasteiger partial charge on any atom is 0.243 e. The van der Waals surface area contributed by atoms with Crippen molar-refractivity contribution in [3.05, 3.63) is 46.7 Å². The minimum absolute atomic E-state index is 0.00236. The van der Waals surface area contributed by atoms with Crippen molar-refractivity contribution in [2.75, 3.05) is 18.8 Å². The summed E-state index contributed by atoms with van der Waals surface area (Å²) < 4.78 is 58.0. The fourth-order valence-electron chi connectivity index (χ4n) is 3.07. The Hall–Kier alpha value is -1.42. The summed E-state index contributed by atoms with van der Waals surface area (Å²) in [5.41, 5.74) is 0. The first kappa shape index (κ1) is 20.3. The molecule has 1 fully saturated rings. The second kappa shape index (κ2) is 7.90. The highest BCUT2D eigenvalue weighted by molar-refractivity contribution is 7.92. The van der Waals surface area contributed by atoms with Gasteiger partial charge in [-0.3, -0.25) is 0 Å². The summed E-state index contributed by atoms with van der Waals surface area (Å²) in [6.07, 6.45) is 0.258. The number of hydrogen-bond acceptors (Lipinski definition) is 6. The van der Waals surface area contributed by atoms with Crippen molar-refractivity contribution in [3.63, 3.8) is 0 Å². The standard InChI is InChI=1S/C18H23NO5S3/c1-14(2)24-15-5-7-16(8-6-15)27(22,23)19-10-9-18(17-4-3-12-25-17)26(20,21)13-11-19/h3-8,12,14,18H,9-11,13H2,1-2H3. The van der Waals surface area contributed by atoms with Gasteiger partial charge in [-0.25, -0.2) is 16.8 Å². The third kappa shape index (κ3) is 4.53. The number of benzene rings is 1. The lowest BCUT2D eigenvalue weighted by Crippen LogP contribution is -2.33. The van der Waals surface area contributed by atoms with E-state index in [1.165, 1.54) is 27.8 Å². The van der Waals surface area contributed by atoms with E-state index in [1.807, 2.05) is 25.3 Å². The number of sulfonamides is 1. The molecule has 1 atom stereocenters. The van der Waals surface area contributed by atoms with Gasteiger partial charge in [-0.05, 0) is 56.0 Å². The zero-order chi connectivity index (χ0) is 19.7. The number of thiophene rings is 1. The summed E-state index contributed by atoms with van der Waals surface area (Å²) in [6, 6.07) is 9.86. The Morgan fingerprint density at radius 2 is 1.85 bits per heavy atom. The first-order chi connectivity index (χ1) is 12.7. The van der Waals surface area contributed by atoms with Gasteiger partial charge in [-0.1, -0.05) is 6.07 Å². The number of sulfone groups is 1. The molecule has 148 valence electrons.